The van der Waals surface area contributed by atoms with Gasteiger partial charge in [0, 0.05) is 12.7 Å². The summed E-state index contributed by atoms with van der Waals surface area (Å²) in [6, 6.07) is 24.5. The fourth-order valence-corrected chi connectivity index (χ4v) is 3.92. The number of likely N-dealkylation sites (N-methyl/N-ethyl adjacent to an activating group) is 1. The summed E-state index contributed by atoms with van der Waals surface area (Å²) >= 11 is 0. The van der Waals surface area contributed by atoms with Crippen LogP contribution in [-0.2, 0) is 16.0 Å². The number of amides is 2. The van der Waals surface area contributed by atoms with Crippen molar-refractivity contribution in [2.75, 3.05) is 23.5 Å². The third-order valence-electron chi connectivity index (χ3n) is 5.76. The Bertz CT molecular complexity index is 1170. The van der Waals surface area contributed by atoms with Crippen molar-refractivity contribution < 1.29 is 14.3 Å². The number of imide groups is 1. The molecule has 1 heterocycles. The van der Waals surface area contributed by atoms with E-state index in [1.165, 1.54) is 4.90 Å². The lowest BCUT2D eigenvalue weighted by atomic mass is 10.0. The molecular weight excluding hydrogens is 412 g/mol. The zero-order chi connectivity index (χ0) is 23.4. The van der Waals surface area contributed by atoms with E-state index in [9.17, 15) is 9.59 Å². The largest absolute Gasteiger partial charge is 0.494 e. The van der Waals surface area contributed by atoms with E-state index < -0.39 is 0 Å². The number of rotatable bonds is 8. The number of aryl methyl sites for hydroxylation is 1. The van der Waals surface area contributed by atoms with E-state index in [1.807, 2.05) is 85.9 Å². The highest BCUT2D eigenvalue weighted by atomic mass is 16.5. The first-order valence-electron chi connectivity index (χ1n) is 11.3. The average molecular weight is 441 g/mol. The molecule has 3 aromatic carbocycles. The van der Waals surface area contributed by atoms with E-state index in [4.69, 9.17) is 4.74 Å². The van der Waals surface area contributed by atoms with Crippen LogP contribution in [0.1, 0.15) is 31.4 Å². The van der Waals surface area contributed by atoms with Crippen molar-refractivity contribution in [1.29, 1.82) is 0 Å². The molecule has 0 aromatic heterocycles. The van der Waals surface area contributed by atoms with Crippen LogP contribution < -0.4 is 14.5 Å². The molecule has 3 aromatic rings. The highest BCUT2D eigenvalue weighted by Crippen LogP contribution is 2.36. The molecule has 168 valence electrons. The molecule has 1 aliphatic heterocycles. The number of para-hydroxylation sites is 1. The zero-order valence-corrected chi connectivity index (χ0v) is 19.2. The molecule has 0 spiro atoms. The predicted molar refractivity (Wildman–Crippen MR) is 132 cm³/mol. The number of hydrogen-bond donors (Lipinski definition) is 0. The van der Waals surface area contributed by atoms with Gasteiger partial charge in [0.05, 0.1) is 17.9 Å². The van der Waals surface area contributed by atoms with Gasteiger partial charge >= 0.3 is 0 Å². The maximum Gasteiger partial charge on any atom is 0.282 e. The Kier molecular flexibility index (Phi) is 6.59. The van der Waals surface area contributed by atoms with E-state index in [0.717, 1.165) is 29.8 Å². The molecule has 0 atom stereocenters. The zero-order valence-electron chi connectivity index (χ0n) is 19.2. The van der Waals surface area contributed by atoms with Gasteiger partial charge in [0.25, 0.3) is 11.8 Å². The molecule has 0 fully saturated rings. The number of benzene rings is 3. The smallest absolute Gasteiger partial charge is 0.282 e. The average Bonchev–Trinajstić information content (AvgIpc) is 3.13. The summed E-state index contributed by atoms with van der Waals surface area (Å²) in [6.45, 7) is 4.75. The second-order valence-corrected chi connectivity index (χ2v) is 7.96. The lowest BCUT2D eigenvalue weighted by Crippen LogP contribution is -2.34. The summed E-state index contributed by atoms with van der Waals surface area (Å²) in [4.78, 5) is 30.4. The molecule has 2 amide bonds. The molecule has 0 saturated carbocycles. The fourth-order valence-electron chi connectivity index (χ4n) is 3.92. The van der Waals surface area contributed by atoms with Gasteiger partial charge in [0.2, 0.25) is 0 Å². The molecule has 0 N–H and O–H groups in total. The van der Waals surface area contributed by atoms with Gasteiger partial charge < -0.3 is 9.64 Å². The van der Waals surface area contributed by atoms with Gasteiger partial charge in [-0.05, 0) is 60.4 Å². The molecule has 33 heavy (non-hydrogen) atoms. The molecular formula is C28H28N2O3. The summed E-state index contributed by atoms with van der Waals surface area (Å²) in [6.07, 6.45) is 1.80. The van der Waals surface area contributed by atoms with Crippen molar-refractivity contribution in [3.63, 3.8) is 0 Å². The molecule has 0 bridgehead atoms. The molecule has 0 aliphatic carbocycles. The van der Waals surface area contributed by atoms with Gasteiger partial charge in [-0.1, -0.05) is 56.3 Å². The van der Waals surface area contributed by atoms with E-state index in [0.29, 0.717) is 29.1 Å². The van der Waals surface area contributed by atoms with Gasteiger partial charge in [-0.25, -0.2) is 4.90 Å². The Morgan fingerprint density at radius 3 is 2.09 bits per heavy atom. The molecule has 1 aliphatic rings. The van der Waals surface area contributed by atoms with Crippen molar-refractivity contribution in [2.45, 2.75) is 26.7 Å². The van der Waals surface area contributed by atoms with Crippen LogP contribution in [0.4, 0.5) is 11.4 Å². The van der Waals surface area contributed by atoms with Crippen LogP contribution >= 0.6 is 0 Å². The van der Waals surface area contributed by atoms with Crippen molar-refractivity contribution >= 4 is 28.8 Å². The van der Waals surface area contributed by atoms with Gasteiger partial charge in [0.15, 0.2) is 0 Å². The van der Waals surface area contributed by atoms with Crippen LogP contribution in [0.2, 0.25) is 0 Å². The lowest BCUT2D eigenvalue weighted by molar-refractivity contribution is -0.120. The van der Waals surface area contributed by atoms with E-state index in [-0.39, 0.29) is 11.8 Å². The molecule has 5 heteroatoms. The number of hydrogen-bond acceptors (Lipinski definition) is 4. The monoisotopic (exact) mass is 440 g/mol. The molecule has 5 nitrogen and oxygen atoms in total. The maximum atomic E-state index is 13.7. The number of anilines is 2. The summed E-state index contributed by atoms with van der Waals surface area (Å²) in [5.74, 6) is 0.0733. The third-order valence-corrected chi connectivity index (χ3v) is 5.76. The van der Waals surface area contributed by atoms with Crippen LogP contribution in [0.3, 0.4) is 0 Å². The Balaban J connectivity index is 1.78. The van der Waals surface area contributed by atoms with Crippen molar-refractivity contribution in [3.8, 4) is 5.75 Å². The quantitative estimate of drug-likeness (QED) is 0.437. The Labute approximate surface area is 194 Å². The summed E-state index contributed by atoms with van der Waals surface area (Å²) in [5.41, 5.74) is 3.97. The van der Waals surface area contributed by atoms with Crippen LogP contribution in [-0.4, -0.2) is 25.5 Å². The SMILES string of the molecule is CCCOc1ccc(C2=C(N(C)c3ccccc3)C(=O)N(c3ccc(CC)cc3)C2=O)cc1. The summed E-state index contributed by atoms with van der Waals surface area (Å²) in [5, 5.41) is 0. The standard InChI is InChI=1S/C28H28N2O3/c1-4-19-33-24-17-13-21(14-18-24)25-26(29(3)22-9-7-6-8-10-22)28(32)30(27(25)31)23-15-11-20(5-2)12-16-23/h6-18H,4-5,19H2,1-3H3. The first-order chi connectivity index (χ1) is 16.0. The molecule has 0 saturated heterocycles. The van der Waals surface area contributed by atoms with Crippen molar-refractivity contribution in [3.05, 3.63) is 95.7 Å². The van der Waals surface area contributed by atoms with Crippen molar-refractivity contribution in [1.82, 2.24) is 0 Å². The van der Waals surface area contributed by atoms with Crippen LogP contribution in [0, 0.1) is 0 Å². The van der Waals surface area contributed by atoms with Gasteiger partial charge in [-0.15, -0.1) is 0 Å². The first-order valence-corrected chi connectivity index (χ1v) is 11.3. The van der Waals surface area contributed by atoms with E-state index >= 15 is 0 Å². The fraction of sp³-hybridized carbons (Fsp3) is 0.214. The summed E-state index contributed by atoms with van der Waals surface area (Å²) < 4.78 is 5.69. The van der Waals surface area contributed by atoms with Crippen LogP contribution in [0.25, 0.3) is 5.57 Å². The first kappa shape index (κ1) is 22.3. The second-order valence-electron chi connectivity index (χ2n) is 7.96. The number of carbonyl (C=O) groups is 2. The Hall–Kier alpha value is -3.86. The van der Waals surface area contributed by atoms with Gasteiger partial charge in [0.1, 0.15) is 11.4 Å². The van der Waals surface area contributed by atoms with Crippen molar-refractivity contribution in [2.24, 2.45) is 0 Å². The van der Waals surface area contributed by atoms with Gasteiger partial charge in [-0.3, -0.25) is 9.59 Å². The highest BCUT2D eigenvalue weighted by molar-refractivity contribution is 6.46. The highest BCUT2D eigenvalue weighted by Gasteiger charge is 2.42. The minimum absolute atomic E-state index is 0.329. The van der Waals surface area contributed by atoms with Crippen LogP contribution in [0.5, 0.6) is 5.75 Å². The minimum atomic E-state index is -0.336. The molecule has 0 unspecified atom stereocenters. The topological polar surface area (TPSA) is 49.9 Å². The lowest BCUT2D eigenvalue weighted by Gasteiger charge is -2.21. The molecule has 4 rings (SSSR count). The third kappa shape index (κ3) is 4.40. The van der Waals surface area contributed by atoms with Gasteiger partial charge in [-0.2, -0.15) is 0 Å². The molecule has 0 radical (unpaired) electrons. The van der Waals surface area contributed by atoms with E-state index in [2.05, 4.69) is 13.8 Å². The Morgan fingerprint density at radius 1 is 0.818 bits per heavy atom. The second kappa shape index (κ2) is 9.74. The predicted octanol–water partition coefficient (Wildman–Crippen LogP) is 5.46. The normalized spacial score (nSPS) is 13.6. The summed E-state index contributed by atoms with van der Waals surface area (Å²) in [7, 11) is 1.82. The maximum absolute atomic E-state index is 13.7. The number of carbonyl (C=O) groups excluding carboxylic acids is 2. The minimum Gasteiger partial charge on any atom is -0.494 e. The van der Waals surface area contributed by atoms with Crippen LogP contribution in [0.15, 0.2) is 84.6 Å². The number of nitrogens with zero attached hydrogens (tertiary/aromatic N) is 2. The Morgan fingerprint density at radius 2 is 1.48 bits per heavy atom. The number of ether oxygens (including phenoxy) is 1. The van der Waals surface area contributed by atoms with E-state index in [1.54, 1.807) is 4.90 Å².